The van der Waals surface area contributed by atoms with Crippen molar-refractivity contribution in [2.45, 2.75) is 13.3 Å². The standard InChI is InChI=1S/C12H17FN2O2/c1-9(5-6-16)8-14-12(17)15-11-4-2-3-10(13)7-11/h2-4,7,9,16H,5-6,8H2,1H3,(H2,14,15,17). The van der Waals surface area contributed by atoms with E-state index in [1.165, 1.54) is 18.2 Å². The third-order valence-corrected chi connectivity index (χ3v) is 2.32. The number of aliphatic hydroxyl groups is 1. The van der Waals surface area contributed by atoms with Gasteiger partial charge in [0, 0.05) is 18.8 Å². The molecule has 3 N–H and O–H groups in total. The number of carbonyl (C=O) groups is 1. The van der Waals surface area contributed by atoms with Gasteiger partial charge in [-0.15, -0.1) is 0 Å². The molecule has 0 spiro atoms. The maximum Gasteiger partial charge on any atom is 0.319 e. The number of benzene rings is 1. The van der Waals surface area contributed by atoms with Gasteiger partial charge in [0.2, 0.25) is 0 Å². The van der Waals surface area contributed by atoms with Crippen LogP contribution in [0.2, 0.25) is 0 Å². The van der Waals surface area contributed by atoms with Gasteiger partial charge in [-0.1, -0.05) is 13.0 Å². The number of carbonyl (C=O) groups excluding carboxylic acids is 1. The molecule has 0 aromatic heterocycles. The average molecular weight is 240 g/mol. The van der Waals surface area contributed by atoms with Crippen molar-refractivity contribution in [3.8, 4) is 0 Å². The lowest BCUT2D eigenvalue weighted by Crippen LogP contribution is -2.32. The van der Waals surface area contributed by atoms with Crippen LogP contribution in [-0.2, 0) is 0 Å². The number of anilines is 1. The molecule has 94 valence electrons. The molecule has 4 nitrogen and oxygen atoms in total. The Hall–Kier alpha value is -1.62. The van der Waals surface area contributed by atoms with Gasteiger partial charge in [0.05, 0.1) is 0 Å². The molecule has 1 unspecified atom stereocenters. The third kappa shape index (κ3) is 5.31. The first-order valence-electron chi connectivity index (χ1n) is 5.53. The molecule has 5 heteroatoms. The Bertz CT molecular complexity index is 371. The highest BCUT2D eigenvalue weighted by molar-refractivity contribution is 5.89. The third-order valence-electron chi connectivity index (χ3n) is 2.32. The zero-order chi connectivity index (χ0) is 12.7. The Morgan fingerprint density at radius 1 is 1.53 bits per heavy atom. The summed E-state index contributed by atoms with van der Waals surface area (Å²) in [5.41, 5.74) is 0.414. The Kier molecular flexibility index (Phi) is 5.42. The molecule has 0 saturated carbocycles. The molecule has 0 aliphatic heterocycles. The topological polar surface area (TPSA) is 61.4 Å². The summed E-state index contributed by atoms with van der Waals surface area (Å²) in [7, 11) is 0. The first kappa shape index (κ1) is 13.4. The van der Waals surface area contributed by atoms with Gasteiger partial charge in [-0.25, -0.2) is 9.18 Å². The Morgan fingerprint density at radius 2 is 2.29 bits per heavy atom. The van der Waals surface area contributed by atoms with Crippen LogP contribution in [0.1, 0.15) is 13.3 Å². The van der Waals surface area contributed by atoms with Crippen molar-refractivity contribution in [1.82, 2.24) is 5.32 Å². The molecule has 0 aliphatic rings. The number of nitrogens with one attached hydrogen (secondary N) is 2. The van der Waals surface area contributed by atoms with E-state index >= 15 is 0 Å². The summed E-state index contributed by atoms with van der Waals surface area (Å²) in [5.74, 6) is -0.185. The molecule has 0 radical (unpaired) electrons. The second-order valence-corrected chi connectivity index (χ2v) is 3.96. The van der Waals surface area contributed by atoms with Crippen LogP contribution in [0, 0.1) is 11.7 Å². The molecule has 0 bridgehead atoms. The molecule has 1 aromatic carbocycles. The van der Waals surface area contributed by atoms with Crippen LogP contribution in [0.4, 0.5) is 14.9 Å². The van der Waals surface area contributed by atoms with Crippen LogP contribution in [0.5, 0.6) is 0 Å². The molecule has 17 heavy (non-hydrogen) atoms. The number of rotatable bonds is 5. The number of hydrogen-bond acceptors (Lipinski definition) is 2. The summed E-state index contributed by atoms with van der Waals surface area (Å²) >= 11 is 0. The fourth-order valence-electron chi connectivity index (χ4n) is 1.33. The predicted octanol–water partition coefficient (Wildman–Crippen LogP) is 1.97. The van der Waals surface area contributed by atoms with Gasteiger partial charge >= 0.3 is 6.03 Å². The van der Waals surface area contributed by atoms with Gasteiger partial charge in [-0.3, -0.25) is 0 Å². The summed E-state index contributed by atoms with van der Waals surface area (Å²) in [4.78, 5) is 11.4. The minimum atomic E-state index is -0.392. The van der Waals surface area contributed by atoms with Crippen LogP contribution in [0.3, 0.4) is 0 Å². The summed E-state index contributed by atoms with van der Waals surface area (Å²) in [6, 6.07) is 5.32. The second kappa shape index (κ2) is 6.85. The van der Waals surface area contributed by atoms with Crippen molar-refractivity contribution in [3.05, 3.63) is 30.1 Å². The van der Waals surface area contributed by atoms with Crippen LogP contribution < -0.4 is 10.6 Å². The molecule has 1 aromatic rings. The average Bonchev–Trinajstić information content (AvgIpc) is 2.27. The molecule has 0 fully saturated rings. The van der Waals surface area contributed by atoms with E-state index in [2.05, 4.69) is 10.6 Å². The summed E-state index contributed by atoms with van der Waals surface area (Å²) in [5, 5.41) is 13.9. The van der Waals surface area contributed by atoms with E-state index in [0.717, 1.165) is 0 Å². The molecule has 1 atom stereocenters. The maximum atomic E-state index is 12.8. The van der Waals surface area contributed by atoms with Crippen molar-refractivity contribution in [3.63, 3.8) is 0 Å². The summed E-state index contributed by atoms with van der Waals surface area (Å²) < 4.78 is 12.8. The lowest BCUT2D eigenvalue weighted by Gasteiger charge is -2.12. The van der Waals surface area contributed by atoms with Crippen LogP contribution in [0.25, 0.3) is 0 Å². The summed E-state index contributed by atoms with van der Waals surface area (Å²) in [6.45, 7) is 2.51. The van der Waals surface area contributed by atoms with Crippen LogP contribution in [-0.4, -0.2) is 24.3 Å². The first-order valence-corrected chi connectivity index (χ1v) is 5.53. The quantitative estimate of drug-likeness (QED) is 0.736. The smallest absolute Gasteiger partial charge is 0.319 e. The van der Waals surface area contributed by atoms with E-state index in [0.29, 0.717) is 18.7 Å². The van der Waals surface area contributed by atoms with Crippen molar-refractivity contribution >= 4 is 11.7 Å². The van der Waals surface area contributed by atoms with Crippen molar-refractivity contribution < 1.29 is 14.3 Å². The number of halogens is 1. The molecule has 1 rings (SSSR count). The fraction of sp³-hybridized carbons (Fsp3) is 0.417. The van der Waals surface area contributed by atoms with Gasteiger partial charge in [0.15, 0.2) is 0 Å². The van der Waals surface area contributed by atoms with Crippen LogP contribution >= 0.6 is 0 Å². The summed E-state index contributed by atoms with van der Waals surface area (Å²) in [6.07, 6.45) is 0.639. The lowest BCUT2D eigenvalue weighted by molar-refractivity contribution is 0.243. The van der Waals surface area contributed by atoms with Crippen LogP contribution in [0.15, 0.2) is 24.3 Å². The minimum Gasteiger partial charge on any atom is -0.396 e. The van der Waals surface area contributed by atoms with E-state index in [1.54, 1.807) is 6.07 Å². The normalized spacial score (nSPS) is 11.9. The van der Waals surface area contributed by atoms with E-state index in [1.807, 2.05) is 6.92 Å². The Labute approximate surface area is 99.8 Å². The predicted molar refractivity (Wildman–Crippen MR) is 64.3 cm³/mol. The molecular weight excluding hydrogens is 223 g/mol. The molecule has 2 amide bonds. The first-order chi connectivity index (χ1) is 8.11. The maximum absolute atomic E-state index is 12.8. The molecule has 0 saturated heterocycles. The zero-order valence-electron chi connectivity index (χ0n) is 9.74. The zero-order valence-corrected chi connectivity index (χ0v) is 9.74. The lowest BCUT2D eigenvalue weighted by atomic mass is 10.1. The minimum absolute atomic E-state index is 0.106. The number of hydrogen-bond donors (Lipinski definition) is 3. The number of urea groups is 1. The largest absolute Gasteiger partial charge is 0.396 e. The van der Waals surface area contributed by atoms with Gasteiger partial charge in [0.1, 0.15) is 5.82 Å². The SMILES string of the molecule is CC(CCO)CNC(=O)Nc1cccc(F)c1. The fourth-order valence-corrected chi connectivity index (χ4v) is 1.33. The number of amides is 2. The van der Waals surface area contributed by atoms with Gasteiger partial charge < -0.3 is 15.7 Å². The van der Waals surface area contributed by atoms with E-state index in [-0.39, 0.29) is 18.6 Å². The highest BCUT2D eigenvalue weighted by Gasteiger charge is 2.05. The van der Waals surface area contributed by atoms with Crippen molar-refractivity contribution in [2.75, 3.05) is 18.5 Å². The number of aliphatic hydroxyl groups excluding tert-OH is 1. The highest BCUT2D eigenvalue weighted by Crippen LogP contribution is 2.08. The van der Waals surface area contributed by atoms with Crippen molar-refractivity contribution in [1.29, 1.82) is 0 Å². The second-order valence-electron chi connectivity index (χ2n) is 3.96. The molecule has 0 aliphatic carbocycles. The van der Waals surface area contributed by atoms with Gasteiger partial charge in [0.25, 0.3) is 0 Å². The van der Waals surface area contributed by atoms with E-state index in [9.17, 15) is 9.18 Å². The Morgan fingerprint density at radius 3 is 2.94 bits per heavy atom. The molecular formula is C12H17FN2O2. The monoisotopic (exact) mass is 240 g/mol. The highest BCUT2D eigenvalue weighted by atomic mass is 19.1. The van der Waals surface area contributed by atoms with Gasteiger partial charge in [-0.2, -0.15) is 0 Å². The van der Waals surface area contributed by atoms with Crippen molar-refractivity contribution in [2.24, 2.45) is 5.92 Å². The molecule has 0 heterocycles. The van der Waals surface area contributed by atoms with E-state index in [4.69, 9.17) is 5.11 Å². The Balaban J connectivity index is 2.34. The van der Waals surface area contributed by atoms with E-state index < -0.39 is 5.82 Å². The van der Waals surface area contributed by atoms with Gasteiger partial charge in [-0.05, 0) is 30.5 Å².